The van der Waals surface area contributed by atoms with E-state index in [0.29, 0.717) is 16.9 Å². The Hall–Kier alpha value is -3.18. The van der Waals surface area contributed by atoms with Gasteiger partial charge in [-0.15, -0.1) is 0 Å². The van der Waals surface area contributed by atoms with Crippen molar-refractivity contribution in [1.82, 2.24) is 15.0 Å². The van der Waals surface area contributed by atoms with Crippen molar-refractivity contribution in [1.29, 1.82) is 0 Å². The molecule has 0 radical (unpaired) electrons. The number of pyridine rings is 1. The fourth-order valence-electron chi connectivity index (χ4n) is 3.11. The topological polar surface area (TPSA) is 120 Å². The van der Waals surface area contributed by atoms with Crippen molar-refractivity contribution >= 4 is 21.6 Å². The van der Waals surface area contributed by atoms with Gasteiger partial charge in [-0.3, -0.25) is 15.1 Å². The van der Waals surface area contributed by atoms with Crippen molar-refractivity contribution < 1.29 is 22.7 Å². The Bertz CT molecular complexity index is 1160. The lowest BCUT2D eigenvalue weighted by Crippen LogP contribution is -2.44. The number of amides is 1. The van der Waals surface area contributed by atoms with Crippen molar-refractivity contribution in [2.24, 2.45) is 0 Å². The minimum absolute atomic E-state index is 0.0808. The summed E-state index contributed by atoms with van der Waals surface area (Å²) in [6, 6.07) is 15.4. The summed E-state index contributed by atoms with van der Waals surface area (Å²) in [5, 5.41) is 16.1. The standard InChI is InChI=1S/C23H25FN4O4S/c1-2-26-33(31,32)20-12-10-18(11-13-20)27-23(30)21(15-19-5-3-4-14-25-19)28-22(29)16-6-8-17(24)9-7-16/h3-14,21-22,26,28-29H,2,15H2,1H3,(H,27,30)/t21-,22?/m0/s1. The van der Waals surface area contributed by atoms with Gasteiger partial charge < -0.3 is 10.4 Å². The van der Waals surface area contributed by atoms with Gasteiger partial charge >= 0.3 is 0 Å². The van der Waals surface area contributed by atoms with Gasteiger partial charge in [-0.25, -0.2) is 17.5 Å². The minimum atomic E-state index is -3.61. The lowest BCUT2D eigenvalue weighted by molar-refractivity contribution is -0.119. The van der Waals surface area contributed by atoms with E-state index in [1.807, 2.05) is 0 Å². The number of halogens is 1. The van der Waals surface area contributed by atoms with Crippen LogP contribution in [0.1, 0.15) is 24.4 Å². The molecule has 0 saturated carbocycles. The van der Waals surface area contributed by atoms with Crippen LogP contribution in [0.25, 0.3) is 0 Å². The fraction of sp³-hybridized carbons (Fsp3) is 0.217. The summed E-state index contributed by atoms with van der Waals surface area (Å²) >= 11 is 0. The Kier molecular flexibility index (Phi) is 8.23. The molecule has 0 aliphatic heterocycles. The van der Waals surface area contributed by atoms with Crippen molar-refractivity contribution in [3.63, 3.8) is 0 Å². The van der Waals surface area contributed by atoms with E-state index in [1.165, 1.54) is 48.5 Å². The molecular formula is C23H25FN4O4S. The second-order valence-corrected chi connectivity index (χ2v) is 8.98. The molecule has 4 N–H and O–H groups in total. The number of sulfonamides is 1. The van der Waals surface area contributed by atoms with E-state index in [-0.39, 0.29) is 17.9 Å². The minimum Gasteiger partial charge on any atom is -0.374 e. The Labute approximate surface area is 191 Å². The van der Waals surface area contributed by atoms with Gasteiger partial charge in [0.1, 0.15) is 12.0 Å². The van der Waals surface area contributed by atoms with Gasteiger partial charge in [-0.05, 0) is 54.1 Å². The van der Waals surface area contributed by atoms with Crippen molar-refractivity contribution in [2.45, 2.75) is 30.5 Å². The van der Waals surface area contributed by atoms with E-state index in [2.05, 4.69) is 20.3 Å². The summed E-state index contributed by atoms with van der Waals surface area (Å²) in [4.78, 5) is 17.3. The Balaban J connectivity index is 1.76. The van der Waals surface area contributed by atoms with Crippen LogP contribution in [0.5, 0.6) is 0 Å². The smallest absolute Gasteiger partial charge is 0.241 e. The number of carbonyl (C=O) groups excluding carboxylic acids is 1. The van der Waals surface area contributed by atoms with Crippen LogP contribution in [0.2, 0.25) is 0 Å². The molecule has 3 rings (SSSR count). The van der Waals surface area contributed by atoms with Crippen LogP contribution >= 0.6 is 0 Å². The van der Waals surface area contributed by atoms with Crippen LogP contribution in [0.4, 0.5) is 10.1 Å². The molecule has 1 heterocycles. The van der Waals surface area contributed by atoms with Crippen LogP contribution < -0.4 is 15.4 Å². The van der Waals surface area contributed by atoms with Crippen LogP contribution in [-0.2, 0) is 21.2 Å². The van der Waals surface area contributed by atoms with Crippen LogP contribution in [0, 0.1) is 5.82 Å². The molecule has 10 heteroatoms. The molecule has 2 atom stereocenters. The number of nitrogens with zero attached hydrogens (tertiary/aromatic N) is 1. The molecule has 3 aromatic rings. The SMILES string of the molecule is CCNS(=O)(=O)c1ccc(NC(=O)[C@H](Cc2ccccn2)NC(O)c2ccc(F)cc2)cc1. The fourth-order valence-corrected chi connectivity index (χ4v) is 4.15. The lowest BCUT2D eigenvalue weighted by atomic mass is 10.1. The Morgan fingerprint density at radius 1 is 1.06 bits per heavy atom. The maximum Gasteiger partial charge on any atom is 0.241 e. The highest BCUT2D eigenvalue weighted by Gasteiger charge is 2.23. The van der Waals surface area contributed by atoms with Crippen LogP contribution in [0.15, 0.2) is 77.8 Å². The third-order valence-electron chi connectivity index (χ3n) is 4.77. The zero-order valence-corrected chi connectivity index (χ0v) is 18.7. The van der Waals surface area contributed by atoms with Gasteiger partial charge in [0.15, 0.2) is 0 Å². The van der Waals surface area contributed by atoms with Gasteiger partial charge in [0.05, 0.1) is 10.9 Å². The van der Waals surface area contributed by atoms with E-state index in [4.69, 9.17) is 0 Å². The molecule has 0 spiro atoms. The molecule has 0 aliphatic carbocycles. The normalized spacial score (nSPS) is 13.3. The molecule has 8 nitrogen and oxygen atoms in total. The molecular weight excluding hydrogens is 447 g/mol. The number of aromatic nitrogens is 1. The molecule has 174 valence electrons. The molecule has 1 unspecified atom stereocenters. The second kappa shape index (κ2) is 11.1. The van der Waals surface area contributed by atoms with Crippen LogP contribution in [0.3, 0.4) is 0 Å². The van der Waals surface area contributed by atoms with Gasteiger partial charge in [-0.2, -0.15) is 0 Å². The third-order valence-corrected chi connectivity index (χ3v) is 6.33. The lowest BCUT2D eigenvalue weighted by Gasteiger charge is -2.22. The summed E-state index contributed by atoms with van der Waals surface area (Å²) in [6.45, 7) is 1.94. The summed E-state index contributed by atoms with van der Waals surface area (Å²) < 4.78 is 39.8. The van der Waals surface area contributed by atoms with E-state index in [9.17, 15) is 22.7 Å². The van der Waals surface area contributed by atoms with E-state index < -0.39 is 34.0 Å². The predicted octanol–water partition coefficient (Wildman–Crippen LogP) is 2.35. The number of carbonyl (C=O) groups is 1. The first-order valence-corrected chi connectivity index (χ1v) is 11.8. The zero-order chi connectivity index (χ0) is 23.8. The molecule has 0 saturated heterocycles. The molecule has 1 amide bonds. The van der Waals surface area contributed by atoms with Gasteiger partial charge in [-0.1, -0.05) is 25.1 Å². The van der Waals surface area contributed by atoms with Gasteiger partial charge in [0.2, 0.25) is 15.9 Å². The average Bonchev–Trinajstić information content (AvgIpc) is 2.80. The predicted molar refractivity (Wildman–Crippen MR) is 122 cm³/mol. The van der Waals surface area contributed by atoms with E-state index >= 15 is 0 Å². The van der Waals surface area contributed by atoms with Gasteiger partial charge in [0.25, 0.3) is 0 Å². The highest BCUT2D eigenvalue weighted by atomic mass is 32.2. The number of anilines is 1. The highest BCUT2D eigenvalue weighted by molar-refractivity contribution is 7.89. The van der Waals surface area contributed by atoms with Crippen molar-refractivity contribution in [3.05, 3.63) is 90.0 Å². The van der Waals surface area contributed by atoms with E-state index in [0.717, 1.165) is 0 Å². The maximum absolute atomic E-state index is 13.2. The monoisotopic (exact) mass is 472 g/mol. The average molecular weight is 473 g/mol. The highest BCUT2D eigenvalue weighted by Crippen LogP contribution is 2.16. The van der Waals surface area contributed by atoms with Crippen molar-refractivity contribution in [2.75, 3.05) is 11.9 Å². The summed E-state index contributed by atoms with van der Waals surface area (Å²) in [5.74, 6) is -0.891. The molecule has 2 aromatic carbocycles. The number of benzene rings is 2. The van der Waals surface area contributed by atoms with Gasteiger partial charge in [0, 0.05) is 30.5 Å². The number of aliphatic hydroxyl groups excluding tert-OH is 1. The van der Waals surface area contributed by atoms with Crippen molar-refractivity contribution in [3.8, 4) is 0 Å². The molecule has 33 heavy (non-hydrogen) atoms. The Morgan fingerprint density at radius 2 is 1.76 bits per heavy atom. The number of aliphatic hydroxyl groups is 1. The summed E-state index contributed by atoms with van der Waals surface area (Å²) in [7, 11) is -3.61. The number of rotatable bonds is 10. The van der Waals surface area contributed by atoms with E-state index in [1.54, 1.807) is 31.3 Å². The largest absolute Gasteiger partial charge is 0.374 e. The first-order chi connectivity index (χ1) is 15.8. The molecule has 0 fully saturated rings. The maximum atomic E-state index is 13.2. The third kappa shape index (κ3) is 6.90. The second-order valence-electron chi connectivity index (χ2n) is 7.21. The quantitative estimate of drug-likeness (QED) is 0.336. The summed E-state index contributed by atoms with van der Waals surface area (Å²) in [6.07, 6.45) is 0.555. The van der Waals surface area contributed by atoms with Crippen LogP contribution in [-0.4, -0.2) is 37.0 Å². The number of hydrogen-bond acceptors (Lipinski definition) is 6. The molecule has 0 aliphatic rings. The summed E-state index contributed by atoms with van der Waals surface area (Å²) in [5.41, 5.74) is 1.41. The first-order valence-electron chi connectivity index (χ1n) is 10.3. The zero-order valence-electron chi connectivity index (χ0n) is 17.9. The number of nitrogens with one attached hydrogen (secondary N) is 3. The molecule has 1 aromatic heterocycles. The number of hydrogen-bond donors (Lipinski definition) is 4. The first kappa shape index (κ1) is 24.5. The molecule has 0 bridgehead atoms. The Morgan fingerprint density at radius 3 is 2.36 bits per heavy atom.